The molecule has 2 aromatic rings. The van der Waals surface area contributed by atoms with Crippen LogP contribution in [0, 0.1) is 5.92 Å². The maximum Gasteiger partial charge on any atom is 0.356 e. The highest BCUT2D eigenvalue weighted by atomic mass is 32.2. The zero-order chi connectivity index (χ0) is 27.4. The predicted molar refractivity (Wildman–Crippen MR) is 140 cm³/mol. The van der Waals surface area contributed by atoms with E-state index in [0.29, 0.717) is 31.9 Å². The number of benzene rings is 1. The van der Waals surface area contributed by atoms with Gasteiger partial charge < -0.3 is 14.8 Å². The molecule has 206 valence electrons. The van der Waals surface area contributed by atoms with E-state index in [4.69, 9.17) is 9.47 Å². The molecule has 38 heavy (non-hydrogen) atoms. The molecule has 0 unspecified atom stereocenters. The van der Waals surface area contributed by atoms with Gasteiger partial charge in [-0.2, -0.15) is 0 Å². The molecule has 0 spiro atoms. The molecule has 2 amide bonds. The molecule has 1 aromatic carbocycles. The highest BCUT2D eigenvalue weighted by Crippen LogP contribution is 2.26. The van der Waals surface area contributed by atoms with E-state index >= 15 is 0 Å². The fourth-order valence-electron chi connectivity index (χ4n) is 4.21. The molecule has 11 heteroatoms. The van der Waals surface area contributed by atoms with Gasteiger partial charge in [0.15, 0.2) is 0 Å². The quantitative estimate of drug-likeness (QED) is 0.289. The molecule has 0 bridgehead atoms. The van der Waals surface area contributed by atoms with E-state index in [2.05, 4.69) is 10.3 Å². The summed E-state index contributed by atoms with van der Waals surface area (Å²) in [5.74, 6) is -1.02. The number of hydrogen-bond acceptors (Lipinski definition) is 8. The lowest BCUT2D eigenvalue weighted by atomic mass is 9.87. The Morgan fingerprint density at radius 1 is 1.00 bits per heavy atom. The van der Waals surface area contributed by atoms with Crippen molar-refractivity contribution in [3.8, 4) is 0 Å². The Hall–Kier alpha value is -3.31. The Morgan fingerprint density at radius 3 is 2.39 bits per heavy atom. The number of nitrogens with zero attached hydrogens (tertiary/aromatic N) is 1. The van der Waals surface area contributed by atoms with Crippen LogP contribution >= 0.6 is 0 Å². The van der Waals surface area contributed by atoms with Crippen molar-refractivity contribution in [3.63, 3.8) is 0 Å². The SMILES string of the molecule is CCOCCOC(=O)c1ccc(C(=O)NS(=O)(=O)c2ccc(CCNC(=O)CC3CCCCC3)cc2)cn1. The maximum atomic E-state index is 12.7. The molecule has 1 aliphatic carbocycles. The summed E-state index contributed by atoms with van der Waals surface area (Å²) in [6.45, 7) is 3.13. The standard InChI is InChI=1S/C27H35N3O7S/c1-2-36-16-17-37-27(33)24-13-10-22(19-29-24)26(32)30-38(34,35)23-11-8-20(9-12-23)14-15-28-25(31)18-21-6-4-3-5-7-21/h8-13,19,21H,2-7,14-18H2,1H3,(H,28,31)(H,30,32). The van der Waals surface area contributed by atoms with Crippen LogP contribution in [-0.4, -0.2) is 57.6 Å². The van der Waals surface area contributed by atoms with Crippen molar-refractivity contribution in [1.82, 2.24) is 15.0 Å². The third kappa shape index (κ3) is 9.21. The zero-order valence-electron chi connectivity index (χ0n) is 21.6. The Kier molecular flexibility index (Phi) is 11.2. The van der Waals surface area contributed by atoms with Crippen LogP contribution in [0.3, 0.4) is 0 Å². The van der Waals surface area contributed by atoms with Gasteiger partial charge in [0.05, 0.1) is 17.1 Å². The van der Waals surface area contributed by atoms with E-state index in [0.717, 1.165) is 24.6 Å². The number of aromatic nitrogens is 1. The third-order valence-electron chi connectivity index (χ3n) is 6.30. The number of carbonyl (C=O) groups is 3. The van der Waals surface area contributed by atoms with Crippen molar-refractivity contribution in [1.29, 1.82) is 0 Å². The van der Waals surface area contributed by atoms with Gasteiger partial charge in [0, 0.05) is 25.8 Å². The van der Waals surface area contributed by atoms with Crippen molar-refractivity contribution in [3.05, 3.63) is 59.4 Å². The number of sulfonamides is 1. The van der Waals surface area contributed by atoms with Gasteiger partial charge >= 0.3 is 5.97 Å². The average Bonchev–Trinajstić information content (AvgIpc) is 2.91. The van der Waals surface area contributed by atoms with Gasteiger partial charge in [-0.15, -0.1) is 0 Å². The molecular weight excluding hydrogens is 510 g/mol. The first-order valence-electron chi connectivity index (χ1n) is 12.9. The van der Waals surface area contributed by atoms with Crippen LogP contribution in [0.15, 0.2) is 47.5 Å². The van der Waals surface area contributed by atoms with Crippen molar-refractivity contribution in [2.75, 3.05) is 26.4 Å². The number of amides is 2. The van der Waals surface area contributed by atoms with E-state index in [1.807, 2.05) is 11.6 Å². The topological polar surface area (TPSA) is 141 Å². The third-order valence-corrected chi connectivity index (χ3v) is 7.64. The highest BCUT2D eigenvalue weighted by molar-refractivity contribution is 7.90. The Morgan fingerprint density at radius 2 is 1.74 bits per heavy atom. The first-order valence-corrected chi connectivity index (χ1v) is 14.4. The van der Waals surface area contributed by atoms with Crippen LogP contribution in [0.25, 0.3) is 0 Å². The molecule has 1 heterocycles. The molecule has 0 aliphatic heterocycles. The fourth-order valence-corrected chi connectivity index (χ4v) is 5.18. The lowest BCUT2D eigenvalue weighted by molar-refractivity contribution is -0.122. The van der Waals surface area contributed by atoms with Crippen LogP contribution < -0.4 is 10.0 Å². The molecule has 10 nitrogen and oxygen atoms in total. The Bertz CT molecular complexity index is 1180. The summed E-state index contributed by atoms with van der Waals surface area (Å²) in [7, 11) is -4.12. The van der Waals surface area contributed by atoms with Gasteiger partial charge in [0.1, 0.15) is 12.3 Å². The molecule has 1 aromatic heterocycles. The molecule has 2 N–H and O–H groups in total. The van der Waals surface area contributed by atoms with E-state index in [1.165, 1.54) is 43.5 Å². The van der Waals surface area contributed by atoms with Gasteiger partial charge in [-0.3, -0.25) is 9.59 Å². The molecular formula is C27H35N3O7S. The lowest BCUT2D eigenvalue weighted by Crippen LogP contribution is -2.30. The Labute approximate surface area is 223 Å². The zero-order valence-corrected chi connectivity index (χ0v) is 22.4. The largest absolute Gasteiger partial charge is 0.459 e. The second-order valence-corrected chi connectivity index (χ2v) is 10.8. The van der Waals surface area contributed by atoms with Crippen LogP contribution in [0.4, 0.5) is 0 Å². The van der Waals surface area contributed by atoms with E-state index < -0.39 is 21.9 Å². The second kappa shape index (κ2) is 14.6. The van der Waals surface area contributed by atoms with E-state index in [9.17, 15) is 22.8 Å². The second-order valence-electron chi connectivity index (χ2n) is 9.15. The molecule has 0 atom stereocenters. The van der Waals surface area contributed by atoms with E-state index in [-0.39, 0.29) is 35.3 Å². The van der Waals surface area contributed by atoms with Crippen LogP contribution in [-0.2, 0) is 30.7 Å². The minimum absolute atomic E-state index is 0.0123. The van der Waals surface area contributed by atoms with Gasteiger partial charge in [-0.05, 0) is 61.9 Å². The first kappa shape index (κ1) is 29.2. The summed E-state index contributed by atoms with van der Waals surface area (Å²) in [6.07, 6.45) is 8.12. The summed E-state index contributed by atoms with van der Waals surface area (Å²) in [6, 6.07) is 8.71. The number of rotatable bonds is 13. The average molecular weight is 546 g/mol. The summed E-state index contributed by atoms with van der Waals surface area (Å²) >= 11 is 0. The summed E-state index contributed by atoms with van der Waals surface area (Å²) in [5, 5.41) is 2.94. The monoisotopic (exact) mass is 545 g/mol. The van der Waals surface area contributed by atoms with Crippen molar-refractivity contribution >= 4 is 27.8 Å². The van der Waals surface area contributed by atoms with E-state index in [1.54, 1.807) is 12.1 Å². The molecule has 3 rings (SSSR count). The number of esters is 1. The minimum Gasteiger partial charge on any atom is -0.459 e. The molecule has 0 radical (unpaired) electrons. The van der Waals surface area contributed by atoms with Crippen molar-refractivity contribution in [2.45, 2.75) is 56.8 Å². The fraction of sp³-hybridized carbons (Fsp3) is 0.481. The van der Waals surface area contributed by atoms with Gasteiger partial charge in [0.25, 0.3) is 15.9 Å². The highest BCUT2D eigenvalue weighted by Gasteiger charge is 2.20. The molecule has 1 fully saturated rings. The summed E-state index contributed by atoms with van der Waals surface area (Å²) in [4.78, 5) is 40.4. The number of nitrogens with one attached hydrogen (secondary N) is 2. The Balaban J connectivity index is 1.46. The molecule has 1 aliphatic rings. The minimum atomic E-state index is -4.12. The number of hydrogen-bond donors (Lipinski definition) is 2. The summed E-state index contributed by atoms with van der Waals surface area (Å²) in [5.41, 5.74) is 0.822. The van der Waals surface area contributed by atoms with Gasteiger partial charge in [-0.1, -0.05) is 31.4 Å². The first-order chi connectivity index (χ1) is 18.3. The van der Waals surface area contributed by atoms with Gasteiger partial charge in [-0.25, -0.2) is 22.9 Å². The molecule has 0 saturated heterocycles. The number of carbonyl (C=O) groups excluding carboxylic acids is 3. The predicted octanol–water partition coefficient (Wildman–Crippen LogP) is 3.02. The molecule has 1 saturated carbocycles. The summed E-state index contributed by atoms with van der Waals surface area (Å²) < 4.78 is 37.4. The van der Waals surface area contributed by atoms with Gasteiger partial charge in [0.2, 0.25) is 5.91 Å². The van der Waals surface area contributed by atoms with Crippen LogP contribution in [0.1, 0.15) is 71.9 Å². The normalized spacial score (nSPS) is 14.0. The van der Waals surface area contributed by atoms with Crippen molar-refractivity contribution in [2.24, 2.45) is 5.92 Å². The van der Waals surface area contributed by atoms with Crippen molar-refractivity contribution < 1.29 is 32.3 Å². The smallest absolute Gasteiger partial charge is 0.356 e. The maximum absolute atomic E-state index is 12.7. The van der Waals surface area contributed by atoms with Crippen LogP contribution in [0.2, 0.25) is 0 Å². The van der Waals surface area contributed by atoms with Crippen LogP contribution in [0.5, 0.6) is 0 Å². The lowest BCUT2D eigenvalue weighted by Gasteiger charge is -2.20. The number of pyridine rings is 1. The number of ether oxygens (including phenoxy) is 2.